The van der Waals surface area contributed by atoms with E-state index in [-0.39, 0.29) is 10.6 Å². The van der Waals surface area contributed by atoms with Crippen molar-refractivity contribution >= 4 is 23.2 Å². The van der Waals surface area contributed by atoms with Crippen LogP contribution in [0.3, 0.4) is 0 Å². The quantitative estimate of drug-likeness (QED) is 0.786. The lowest BCUT2D eigenvalue weighted by Gasteiger charge is -2.26. The fourth-order valence-electron chi connectivity index (χ4n) is 2.96. The molecule has 0 unspecified atom stereocenters. The summed E-state index contributed by atoms with van der Waals surface area (Å²) in [6.45, 7) is 3.13. The third-order valence-electron chi connectivity index (χ3n) is 4.32. The average Bonchev–Trinajstić information content (AvgIpc) is 2.60. The number of rotatable bonds is 4. The lowest BCUT2D eigenvalue weighted by atomic mass is 10.1. The Kier molecular flexibility index (Phi) is 5.66. The van der Waals surface area contributed by atoms with E-state index in [1.807, 2.05) is 12.1 Å². The minimum absolute atomic E-state index is 0.0991. The zero-order valence-corrected chi connectivity index (χ0v) is 14.5. The first-order valence-electron chi connectivity index (χ1n) is 8.30. The first-order valence-corrected chi connectivity index (χ1v) is 8.68. The highest BCUT2D eigenvalue weighted by Crippen LogP contribution is 2.22. The van der Waals surface area contributed by atoms with Crippen LogP contribution in [0.1, 0.15) is 35.2 Å². The molecule has 1 fully saturated rings. The summed E-state index contributed by atoms with van der Waals surface area (Å²) >= 11 is 5.82. The molecule has 1 aliphatic rings. The predicted octanol–water partition coefficient (Wildman–Crippen LogP) is 4.86. The Bertz CT molecular complexity index is 759. The number of hydrogen-bond acceptors (Lipinski definition) is 2. The molecule has 0 aliphatic carbocycles. The maximum atomic E-state index is 13.3. The number of likely N-dealkylation sites (tertiary alicyclic amines) is 1. The highest BCUT2D eigenvalue weighted by Gasteiger charge is 2.15. The van der Waals surface area contributed by atoms with Crippen LogP contribution in [-0.2, 0) is 6.54 Å². The van der Waals surface area contributed by atoms with E-state index >= 15 is 0 Å². The van der Waals surface area contributed by atoms with E-state index in [9.17, 15) is 13.6 Å². The Hall–Kier alpha value is -1.98. The Labute approximate surface area is 150 Å². The maximum absolute atomic E-state index is 13.3. The number of carbonyl (C=O) groups excluding carboxylic acids is 1. The van der Waals surface area contributed by atoms with Gasteiger partial charge in [-0.15, -0.1) is 0 Å². The molecule has 0 saturated carbocycles. The molecule has 3 nitrogen and oxygen atoms in total. The van der Waals surface area contributed by atoms with Gasteiger partial charge in [-0.3, -0.25) is 9.69 Å². The zero-order valence-electron chi connectivity index (χ0n) is 13.7. The maximum Gasteiger partial charge on any atom is 0.257 e. The molecule has 1 saturated heterocycles. The number of benzene rings is 2. The van der Waals surface area contributed by atoms with Gasteiger partial charge >= 0.3 is 0 Å². The van der Waals surface area contributed by atoms with Gasteiger partial charge in [0.25, 0.3) is 5.91 Å². The van der Waals surface area contributed by atoms with Crippen molar-refractivity contribution in [3.8, 4) is 0 Å². The summed E-state index contributed by atoms with van der Waals surface area (Å²) in [4.78, 5) is 14.6. The SMILES string of the molecule is O=C(Nc1ccc(CN2CCCCC2)cc1)c1cc(F)c(F)cc1Cl. The van der Waals surface area contributed by atoms with Gasteiger partial charge < -0.3 is 5.32 Å². The van der Waals surface area contributed by atoms with Crippen LogP contribution in [0.25, 0.3) is 0 Å². The van der Waals surface area contributed by atoms with Crippen LogP contribution in [0, 0.1) is 11.6 Å². The molecular weight excluding hydrogens is 346 g/mol. The molecule has 25 heavy (non-hydrogen) atoms. The van der Waals surface area contributed by atoms with E-state index in [4.69, 9.17) is 11.6 Å². The highest BCUT2D eigenvalue weighted by atomic mass is 35.5. The van der Waals surface area contributed by atoms with Gasteiger partial charge in [0, 0.05) is 12.2 Å². The van der Waals surface area contributed by atoms with Crippen molar-refractivity contribution in [1.29, 1.82) is 0 Å². The van der Waals surface area contributed by atoms with Gasteiger partial charge in [0.1, 0.15) is 0 Å². The largest absolute Gasteiger partial charge is 0.322 e. The molecule has 0 radical (unpaired) electrons. The van der Waals surface area contributed by atoms with Crippen molar-refractivity contribution < 1.29 is 13.6 Å². The predicted molar refractivity (Wildman–Crippen MR) is 94.9 cm³/mol. The molecule has 0 atom stereocenters. The Morgan fingerprint density at radius 1 is 1.04 bits per heavy atom. The van der Waals surface area contributed by atoms with Gasteiger partial charge in [-0.25, -0.2) is 8.78 Å². The van der Waals surface area contributed by atoms with Crippen LogP contribution in [0.5, 0.6) is 0 Å². The Balaban J connectivity index is 1.64. The summed E-state index contributed by atoms with van der Waals surface area (Å²) in [7, 11) is 0. The smallest absolute Gasteiger partial charge is 0.257 e. The van der Waals surface area contributed by atoms with Crippen LogP contribution < -0.4 is 5.32 Å². The second-order valence-electron chi connectivity index (χ2n) is 6.23. The number of piperidine rings is 1. The fraction of sp³-hybridized carbons (Fsp3) is 0.316. The molecule has 0 aromatic heterocycles. The van der Waals surface area contributed by atoms with Crippen LogP contribution in [0.4, 0.5) is 14.5 Å². The molecule has 2 aromatic carbocycles. The summed E-state index contributed by atoms with van der Waals surface area (Å²) < 4.78 is 26.4. The van der Waals surface area contributed by atoms with E-state index < -0.39 is 17.5 Å². The van der Waals surface area contributed by atoms with E-state index in [2.05, 4.69) is 10.2 Å². The summed E-state index contributed by atoms with van der Waals surface area (Å²) in [6.07, 6.45) is 3.78. The summed E-state index contributed by atoms with van der Waals surface area (Å²) in [5.41, 5.74) is 1.65. The third kappa shape index (κ3) is 4.55. The molecule has 0 spiro atoms. The molecule has 3 rings (SSSR count). The van der Waals surface area contributed by atoms with Gasteiger partial charge in [0.15, 0.2) is 11.6 Å². The number of carbonyl (C=O) groups is 1. The number of anilines is 1. The normalized spacial score (nSPS) is 15.2. The molecule has 1 amide bonds. The van der Waals surface area contributed by atoms with Gasteiger partial charge in [0.05, 0.1) is 10.6 Å². The van der Waals surface area contributed by atoms with Crippen LogP contribution in [0.15, 0.2) is 36.4 Å². The van der Waals surface area contributed by atoms with Crippen molar-refractivity contribution in [2.45, 2.75) is 25.8 Å². The molecule has 2 aromatic rings. The Morgan fingerprint density at radius 3 is 2.36 bits per heavy atom. The van der Waals surface area contributed by atoms with Crippen LogP contribution in [0.2, 0.25) is 5.02 Å². The first kappa shape index (κ1) is 17.8. The monoisotopic (exact) mass is 364 g/mol. The minimum Gasteiger partial charge on any atom is -0.322 e. The highest BCUT2D eigenvalue weighted by molar-refractivity contribution is 6.34. The van der Waals surface area contributed by atoms with Crippen molar-refractivity contribution in [2.24, 2.45) is 0 Å². The lowest BCUT2D eigenvalue weighted by molar-refractivity contribution is 0.102. The van der Waals surface area contributed by atoms with Crippen molar-refractivity contribution in [3.05, 3.63) is 64.2 Å². The summed E-state index contributed by atoms with van der Waals surface area (Å²) in [5, 5.41) is 2.52. The first-order chi connectivity index (χ1) is 12.0. The molecular formula is C19H19ClF2N2O. The van der Waals surface area contributed by atoms with Gasteiger partial charge in [-0.2, -0.15) is 0 Å². The van der Waals surface area contributed by atoms with Crippen molar-refractivity contribution in [2.75, 3.05) is 18.4 Å². The fourth-order valence-corrected chi connectivity index (χ4v) is 3.20. The van der Waals surface area contributed by atoms with E-state index in [0.717, 1.165) is 31.8 Å². The number of amides is 1. The van der Waals surface area contributed by atoms with Gasteiger partial charge in [-0.05, 0) is 55.8 Å². The zero-order chi connectivity index (χ0) is 17.8. The number of nitrogens with one attached hydrogen (secondary N) is 1. The summed E-state index contributed by atoms with van der Waals surface area (Å²) in [6, 6.07) is 9.11. The molecule has 0 bridgehead atoms. The van der Waals surface area contributed by atoms with Gasteiger partial charge in [0.2, 0.25) is 0 Å². The molecule has 1 N–H and O–H groups in total. The third-order valence-corrected chi connectivity index (χ3v) is 4.63. The van der Waals surface area contributed by atoms with E-state index in [1.54, 1.807) is 12.1 Å². The second-order valence-corrected chi connectivity index (χ2v) is 6.64. The topological polar surface area (TPSA) is 32.3 Å². The molecule has 1 heterocycles. The van der Waals surface area contributed by atoms with Crippen molar-refractivity contribution in [3.63, 3.8) is 0 Å². The second kappa shape index (κ2) is 7.93. The Morgan fingerprint density at radius 2 is 1.68 bits per heavy atom. The lowest BCUT2D eigenvalue weighted by Crippen LogP contribution is -2.29. The number of nitrogens with zero attached hydrogens (tertiary/aromatic N) is 1. The van der Waals surface area contributed by atoms with Gasteiger partial charge in [-0.1, -0.05) is 30.2 Å². The number of hydrogen-bond donors (Lipinski definition) is 1. The standard InChI is InChI=1S/C19H19ClF2N2O/c20-16-11-18(22)17(21)10-15(16)19(25)23-14-6-4-13(5-7-14)12-24-8-2-1-3-9-24/h4-7,10-11H,1-3,8-9,12H2,(H,23,25). The summed E-state index contributed by atoms with van der Waals surface area (Å²) in [5.74, 6) is -2.76. The molecule has 1 aliphatic heterocycles. The minimum atomic E-state index is -1.11. The van der Waals surface area contributed by atoms with Crippen LogP contribution in [-0.4, -0.2) is 23.9 Å². The average molecular weight is 365 g/mol. The van der Waals surface area contributed by atoms with Crippen molar-refractivity contribution in [1.82, 2.24) is 4.90 Å². The molecule has 132 valence electrons. The van der Waals surface area contributed by atoms with E-state index in [0.29, 0.717) is 5.69 Å². The number of halogens is 3. The van der Waals surface area contributed by atoms with E-state index in [1.165, 1.54) is 24.8 Å². The molecule has 6 heteroatoms. The van der Waals surface area contributed by atoms with Crippen LogP contribution >= 0.6 is 11.6 Å².